The van der Waals surface area contributed by atoms with Crippen LogP contribution in [0.3, 0.4) is 0 Å². The molecular formula is C26H21F3N4O3S2. The van der Waals surface area contributed by atoms with Crippen molar-refractivity contribution in [3.8, 4) is 16.8 Å². The predicted molar refractivity (Wildman–Crippen MR) is 139 cm³/mol. The number of para-hydroxylation sites is 1. The fourth-order valence-electron chi connectivity index (χ4n) is 4.59. The molecule has 0 saturated heterocycles. The van der Waals surface area contributed by atoms with Crippen molar-refractivity contribution in [2.75, 3.05) is 17.7 Å². The Bertz CT molecular complexity index is 1650. The van der Waals surface area contributed by atoms with Crippen molar-refractivity contribution in [2.24, 2.45) is 5.14 Å². The summed E-state index contributed by atoms with van der Waals surface area (Å²) >= 11 is 1.60. The van der Waals surface area contributed by atoms with Gasteiger partial charge in [0.1, 0.15) is 10.6 Å². The number of alkyl halides is 3. The zero-order valence-corrected chi connectivity index (χ0v) is 21.6. The van der Waals surface area contributed by atoms with Gasteiger partial charge in [0, 0.05) is 22.7 Å². The number of amides is 1. The number of rotatable bonds is 5. The molecule has 0 bridgehead atoms. The average molecular weight is 559 g/mol. The molecule has 0 radical (unpaired) electrons. The van der Waals surface area contributed by atoms with E-state index in [1.807, 2.05) is 42.7 Å². The van der Waals surface area contributed by atoms with Gasteiger partial charge in [0.15, 0.2) is 5.69 Å². The number of carbonyl (C=O) groups is 1. The Morgan fingerprint density at radius 2 is 1.63 bits per heavy atom. The van der Waals surface area contributed by atoms with Gasteiger partial charge in [0.05, 0.1) is 5.69 Å². The first-order chi connectivity index (χ1) is 18.0. The Balaban J connectivity index is 1.60. The van der Waals surface area contributed by atoms with Crippen LogP contribution in [0.15, 0.2) is 82.6 Å². The van der Waals surface area contributed by atoms with Crippen LogP contribution in [0.5, 0.6) is 0 Å². The molecule has 5 rings (SSSR count). The number of nitrogens with zero attached hydrogens (tertiary/aromatic N) is 3. The summed E-state index contributed by atoms with van der Waals surface area (Å²) in [7, 11) is -4.32. The number of aromatic nitrogens is 2. The summed E-state index contributed by atoms with van der Waals surface area (Å²) < 4.78 is 66.8. The van der Waals surface area contributed by atoms with E-state index in [0.29, 0.717) is 5.69 Å². The lowest BCUT2D eigenvalue weighted by Gasteiger charge is -2.28. The van der Waals surface area contributed by atoms with E-state index in [9.17, 15) is 26.4 Å². The van der Waals surface area contributed by atoms with E-state index in [2.05, 4.69) is 5.10 Å². The van der Waals surface area contributed by atoms with Crippen LogP contribution in [-0.4, -0.2) is 36.9 Å². The van der Waals surface area contributed by atoms with Crippen molar-refractivity contribution >= 4 is 33.4 Å². The lowest BCUT2D eigenvalue weighted by atomic mass is 10.0. The lowest BCUT2D eigenvalue weighted by molar-refractivity contribution is -0.141. The van der Waals surface area contributed by atoms with Crippen LogP contribution < -0.4 is 10.0 Å². The maximum absolute atomic E-state index is 13.9. The van der Waals surface area contributed by atoms with E-state index in [-0.39, 0.29) is 29.9 Å². The Kier molecular flexibility index (Phi) is 6.58. The fraction of sp³-hybridized carbons (Fsp3) is 0.154. The van der Waals surface area contributed by atoms with E-state index in [0.717, 1.165) is 26.8 Å². The highest BCUT2D eigenvalue weighted by atomic mass is 32.2. The second kappa shape index (κ2) is 9.61. The Morgan fingerprint density at radius 1 is 0.974 bits per heavy atom. The molecule has 0 fully saturated rings. The number of primary sulfonamides is 1. The summed E-state index contributed by atoms with van der Waals surface area (Å²) in [5, 5.41) is 8.99. The summed E-state index contributed by atoms with van der Waals surface area (Å²) in [5.41, 5.74) is 0.341. The topological polar surface area (TPSA) is 98.3 Å². The molecule has 0 spiro atoms. The minimum Gasteiger partial charge on any atom is -0.307 e. The molecular weight excluding hydrogens is 537 g/mol. The summed E-state index contributed by atoms with van der Waals surface area (Å²) in [6.45, 7) is -0.00180. The fourth-order valence-corrected chi connectivity index (χ4v) is 5.92. The Morgan fingerprint density at radius 3 is 2.29 bits per heavy atom. The van der Waals surface area contributed by atoms with E-state index in [1.54, 1.807) is 23.9 Å². The molecule has 7 nitrogen and oxygen atoms in total. The highest BCUT2D eigenvalue weighted by Crippen LogP contribution is 2.38. The second-order valence-electron chi connectivity index (χ2n) is 8.55. The number of hydrogen-bond acceptors (Lipinski definition) is 5. The molecule has 1 aliphatic heterocycles. The third-order valence-electron chi connectivity index (χ3n) is 6.28. The minimum absolute atomic E-state index is 0.00180. The monoisotopic (exact) mass is 558 g/mol. The maximum atomic E-state index is 13.9. The molecule has 1 aliphatic rings. The molecule has 2 N–H and O–H groups in total. The van der Waals surface area contributed by atoms with Gasteiger partial charge >= 0.3 is 6.18 Å². The zero-order chi connectivity index (χ0) is 27.2. The summed E-state index contributed by atoms with van der Waals surface area (Å²) in [4.78, 5) is 15.7. The van der Waals surface area contributed by atoms with Crippen molar-refractivity contribution < 1.29 is 26.4 Å². The molecule has 2 heterocycles. The smallest absolute Gasteiger partial charge is 0.307 e. The van der Waals surface area contributed by atoms with Gasteiger partial charge in [-0.3, -0.25) is 4.79 Å². The van der Waals surface area contributed by atoms with Crippen LogP contribution in [0.4, 0.5) is 18.9 Å². The van der Waals surface area contributed by atoms with Crippen LogP contribution in [-0.2, 0) is 22.6 Å². The van der Waals surface area contributed by atoms with Crippen LogP contribution in [0, 0.1) is 0 Å². The largest absolute Gasteiger partial charge is 0.435 e. The van der Waals surface area contributed by atoms with Crippen LogP contribution in [0.1, 0.15) is 21.7 Å². The zero-order valence-electron chi connectivity index (χ0n) is 19.9. The molecule has 1 amide bonds. The first-order valence-corrected chi connectivity index (χ1v) is 14.1. The van der Waals surface area contributed by atoms with Crippen molar-refractivity contribution in [2.45, 2.75) is 22.4 Å². The van der Waals surface area contributed by atoms with E-state index >= 15 is 0 Å². The van der Waals surface area contributed by atoms with E-state index in [4.69, 9.17) is 5.14 Å². The summed E-state index contributed by atoms with van der Waals surface area (Å²) in [5.74, 6) is -0.726. The SMILES string of the molecule is CSc1ccccc1-c1ccc(N2CCc3c(C(F)(F)F)nn(-c4ccccc4S(N)(=O)=O)c3C2=O)cc1. The molecule has 38 heavy (non-hydrogen) atoms. The molecule has 12 heteroatoms. The molecule has 0 aliphatic carbocycles. The first kappa shape index (κ1) is 26.0. The van der Waals surface area contributed by atoms with Gasteiger partial charge in [-0.25, -0.2) is 18.2 Å². The number of fused-ring (bicyclic) bond motifs is 1. The summed E-state index contributed by atoms with van der Waals surface area (Å²) in [6.07, 6.45) is -2.99. The normalized spacial score (nSPS) is 14.0. The van der Waals surface area contributed by atoms with Gasteiger partial charge in [-0.05, 0) is 54.1 Å². The van der Waals surface area contributed by atoms with Crippen molar-refractivity contribution in [1.82, 2.24) is 9.78 Å². The first-order valence-electron chi connectivity index (χ1n) is 11.4. The number of nitrogens with two attached hydrogens (primary N) is 1. The van der Waals surface area contributed by atoms with E-state index < -0.39 is 32.7 Å². The molecule has 3 aromatic carbocycles. The van der Waals surface area contributed by atoms with Crippen LogP contribution in [0.25, 0.3) is 16.8 Å². The standard InChI is InChI=1S/C26H21F3N4O3S2/c1-37-21-8-4-2-6-18(21)16-10-12-17(13-11-16)32-15-14-19-23(25(32)34)33(31-24(19)26(27,28)29)20-7-3-5-9-22(20)38(30,35)36/h2-13H,14-15H2,1H3,(H2,30,35,36). The number of benzene rings is 3. The van der Waals surface area contributed by atoms with Gasteiger partial charge in [-0.1, -0.05) is 42.5 Å². The second-order valence-corrected chi connectivity index (χ2v) is 10.9. The number of sulfonamides is 1. The number of hydrogen-bond donors (Lipinski definition) is 1. The van der Waals surface area contributed by atoms with Gasteiger partial charge < -0.3 is 4.90 Å². The third kappa shape index (κ3) is 4.59. The van der Waals surface area contributed by atoms with Crippen molar-refractivity contribution in [3.05, 3.63) is 89.7 Å². The molecule has 1 aromatic heterocycles. The van der Waals surface area contributed by atoms with Gasteiger partial charge in [-0.2, -0.15) is 18.3 Å². The third-order valence-corrected chi connectivity index (χ3v) is 8.04. The molecule has 196 valence electrons. The van der Waals surface area contributed by atoms with Crippen LogP contribution in [0.2, 0.25) is 0 Å². The lowest BCUT2D eigenvalue weighted by Crippen LogP contribution is -2.39. The van der Waals surface area contributed by atoms with Gasteiger partial charge in [0.2, 0.25) is 10.0 Å². The predicted octanol–water partition coefficient (Wildman–Crippen LogP) is 5.13. The molecule has 0 saturated carbocycles. The molecule has 0 unspecified atom stereocenters. The summed E-state index contributed by atoms with van der Waals surface area (Å²) in [6, 6.07) is 20.3. The number of anilines is 1. The number of halogens is 3. The van der Waals surface area contributed by atoms with E-state index in [1.165, 1.54) is 23.1 Å². The van der Waals surface area contributed by atoms with Gasteiger partial charge in [0.25, 0.3) is 5.91 Å². The number of carbonyl (C=O) groups excluding carboxylic acids is 1. The van der Waals surface area contributed by atoms with Gasteiger partial charge in [-0.15, -0.1) is 11.8 Å². The van der Waals surface area contributed by atoms with Crippen molar-refractivity contribution in [1.29, 1.82) is 0 Å². The highest BCUT2D eigenvalue weighted by Gasteiger charge is 2.43. The maximum Gasteiger partial charge on any atom is 0.435 e. The quantitative estimate of drug-likeness (QED) is 0.343. The Hall–Kier alpha value is -3.61. The van der Waals surface area contributed by atoms with Crippen LogP contribution >= 0.6 is 11.8 Å². The number of thioether (sulfide) groups is 1. The molecule has 0 atom stereocenters. The van der Waals surface area contributed by atoms with Crippen molar-refractivity contribution in [3.63, 3.8) is 0 Å². The average Bonchev–Trinajstić information content (AvgIpc) is 3.30. The Labute approximate surface area is 221 Å². The highest BCUT2D eigenvalue weighted by molar-refractivity contribution is 7.98. The molecule has 4 aromatic rings. The minimum atomic E-state index is -4.85.